The number of fused-ring (bicyclic) bond motifs is 2. The van der Waals surface area contributed by atoms with E-state index in [9.17, 15) is 79.4 Å². The normalized spacial score (nSPS) is 25.1. The molecule has 0 radical (unpaired) electrons. The number of carbonyl (C=O) groups excluding carboxylic acids is 8. The van der Waals surface area contributed by atoms with Gasteiger partial charge in [-0.25, -0.2) is 4.98 Å². The molecule has 29 nitrogen and oxygen atoms in total. The molecule has 4 heterocycles. The Morgan fingerprint density at radius 2 is 1.50 bits per heavy atom. The van der Waals surface area contributed by atoms with Gasteiger partial charge >= 0.3 is 29.6 Å². The second kappa shape index (κ2) is 32.8. The largest absolute Gasteiger partial charge is 1.00 e. The van der Waals surface area contributed by atoms with Crippen molar-refractivity contribution in [3.63, 3.8) is 0 Å². The number of primary amides is 1. The van der Waals surface area contributed by atoms with Crippen LogP contribution in [0.3, 0.4) is 0 Å². The van der Waals surface area contributed by atoms with E-state index in [2.05, 4.69) is 47.9 Å². The molecule has 13 atom stereocenters. The number of amides is 8. The van der Waals surface area contributed by atoms with Crippen molar-refractivity contribution in [1.29, 1.82) is 0 Å². The number of aromatic nitrogens is 1. The van der Waals surface area contributed by atoms with E-state index in [0.29, 0.717) is 12.2 Å². The van der Waals surface area contributed by atoms with Gasteiger partial charge in [-0.05, 0) is 73.0 Å². The smallest absolute Gasteiger partial charge is 0.691 e. The van der Waals surface area contributed by atoms with Gasteiger partial charge < -0.3 is 92.0 Å². The van der Waals surface area contributed by atoms with Crippen LogP contribution >= 0.6 is 23.7 Å². The number of ether oxygens (including phenoxy) is 1. The van der Waals surface area contributed by atoms with Gasteiger partial charge in [0.2, 0.25) is 41.4 Å². The van der Waals surface area contributed by atoms with Gasteiger partial charge in [-0.2, -0.15) is 0 Å². The molecular formula is C56H70N9NaO20S2. The predicted octanol–water partition coefficient (Wildman–Crippen LogP) is -5.25. The number of nitrogens with zero attached hydrogens (tertiary/aromatic N) is 3. The molecule has 4 aromatic rings. The number of rotatable bonds is 20. The number of thiazole rings is 1. The third-order valence-corrected chi connectivity index (χ3v) is 16.3. The number of aliphatic hydroxyl groups excluding tert-OH is 6. The number of aliphatic hydroxyl groups is 6. The van der Waals surface area contributed by atoms with E-state index in [1.165, 1.54) is 36.5 Å². The van der Waals surface area contributed by atoms with Crippen LogP contribution in [0.1, 0.15) is 75.2 Å². The Morgan fingerprint density at radius 3 is 2.17 bits per heavy atom. The summed E-state index contributed by atoms with van der Waals surface area (Å²) in [4.78, 5) is 120. The SMILES string of the molecule is CCCCCOc1ccc(-c2ncc(-c3ccc(C(=O)NC4CC(O)CNC(=O)C5C(O)C(C)CN5C(=O)C(C(O)CC(N)=O)NC(=O)C(C(O)Cc5ccc(O)c(OSOO[O-])c5)NC(=O)C5CC(O)CN5C(=O)C(C(C)O)NC4=O)cc3)s2)cc1.[Na+]. The number of carbonyl (C=O) groups is 8. The summed E-state index contributed by atoms with van der Waals surface area (Å²) in [7, 11) is 0. The Bertz CT molecular complexity index is 3080. The molecule has 3 fully saturated rings. The van der Waals surface area contributed by atoms with Crippen LogP contribution in [0, 0.1) is 5.92 Å². The number of nitrogens with two attached hydrogens (primary N) is 1. The van der Waals surface area contributed by atoms with Crippen molar-refractivity contribution in [2.75, 3.05) is 26.2 Å². The van der Waals surface area contributed by atoms with E-state index < -0.39 is 177 Å². The first-order valence-electron chi connectivity index (χ1n) is 27.9. The molecule has 7 rings (SSSR count). The first-order valence-corrected chi connectivity index (χ1v) is 29.3. The van der Waals surface area contributed by atoms with Crippen LogP contribution in [0.5, 0.6) is 17.2 Å². The van der Waals surface area contributed by atoms with E-state index in [0.717, 1.165) is 69.3 Å². The van der Waals surface area contributed by atoms with E-state index in [1.54, 1.807) is 18.3 Å². The molecule has 3 aliphatic heterocycles. The molecule has 3 saturated heterocycles. The van der Waals surface area contributed by atoms with Crippen molar-refractivity contribution in [3.05, 3.63) is 84.1 Å². The first kappa shape index (κ1) is 70.5. The van der Waals surface area contributed by atoms with Crippen molar-refractivity contribution in [1.82, 2.24) is 41.4 Å². The maximum absolute atomic E-state index is 14.7. The summed E-state index contributed by atoms with van der Waals surface area (Å²) < 4.78 is 15.0. The van der Waals surface area contributed by atoms with E-state index in [-0.39, 0.29) is 58.8 Å². The minimum atomic E-state index is -2.22. The number of hydrogen-bond acceptors (Lipinski definition) is 23. The fraction of sp³-hybridized carbons (Fsp3) is 0.482. The van der Waals surface area contributed by atoms with Crippen molar-refractivity contribution in [3.8, 4) is 38.3 Å². The molecule has 0 aliphatic carbocycles. The Labute approximate surface area is 535 Å². The van der Waals surface area contributed by atoms with Gasteiger partial charge in [-0.1, -0.05) is 44.9 Å². The van der Waals surface area contributed by atoms with Gasteiger partial charge in [-0.15, -0.1) is 15.7 Å². The summed E-state index contributed by atoms with van der Waals surface area (Å²) in [6.45, 7) is 3.60. The summed E-state index contributed by atoms with van der Waals surface area (Å²) in [6, 6.07) is 5.58. The van der Waals surface area contributed by atoms with Gasteiger partial charge in [0.05, 0.1) is 54.5 Å². The van der Waals surface area contributed by atoms with Crippen LogP contribution in [-0.4, -0.2) is 197 Å². The number of phenolic OH excluding ortho intramolecular Hbond substituents is 1. The summed E-state index contributed by atoms with van der Waals surface area (Å²) in [5.74, 6) is -10.4. The van der Waals surface area contributed by atoms with E-state index in [4.69, 9.17) is 14.7 Å². The molecule has 0 bridgehead atoms. The maximum Gasteiger partial charge on any atom is 1.00 e. The van der Waals surface area contributed by atoms with Gasteiger partial charge in [0, 0.05) is 62.1 Å². The summed E-state index contributed by atoms with van der Waals surface area (Å²) in [5, 5.41) is 105. The third-order valence-electron chi connectivity index (χ3n) is 14.9. The molecule has 14 N–H and O–H groups in total. The number of aromatic hydroxyl groups is 1. The van der Waals surface area contributed by atoms with Gasteiger partial charge in [0.1, 0.15) is 47.0 Å². The molecule has 1 aromatic heterocycles. The molecule has 88 heavy (non-hydrogen) atoms. The van der Waals surface area contributed by atoms with Crippen molar-refractivity contribution in [2.24, 2.45) is 11.7 Å². The Balaban J connectivity index is 0.0000124. The predicted molar refractivity (Wildman–Crippen MR) is 305 cm³/mol. The fourth-order valence-corrected chi connectivity index (χ4v) is 11.4. The molecule has 0 spiro atoms. The fourth-order valence-electron chi connectivity index (χ4n) is 10.2. The molecule has 472 valence electrons. The number of phenols is 1. The quantitative estimate of drug-likeness (QED) is 0.0129. The van der Waals surface area contributed by atoms with E-state index >= 15 is 0 Å². The molecule has 0 saturated carbocycles. The Kier molecular flexibility index (Phi) is 26.3. The zero-order valence-corrected chi connectivity index (χ0v) is 52.0. The average molecular weight is 1280 g/mol. The molecule has 8 amide bonds. The third kappa shape index (κ3) is 18.3. The topological polar surface area (TPSA) is 444 Å². The summed E-state index contributed by atoms with van der Waals surface area (Å²) in [5.41, 5.74) is 7.05. The molecule has 3 aliphatic rings. The molecule has 3 aromatic carbocycles. The number of hydrogen-bond donors (Lipinski definition) is 13. The van der Waals surface area contributed by atoms with Crippen LogP contribution < -0.4 is 76.1 Å². The molecular weight excluding hydrogens is 1210 g/mol. The maximum atomic E-state index is 14.7. The second-order valence-corrected chi connectivity index (χ2v) is 22.9. The van der Waals surface area contributed by atoms with Gasteiger partial charge in [0.25, 0.3) is 18.2 Å². The van der Waals surface area contributed by atoms with Crippen molar-refractivity contribution >= 4 is 70.9 Å². The minimum Gasteiger partial charge on any atom is -0.691 e. The Hall–Kier alpha value is -6.56. The number of unbranched alkanes of at least 4 members (excludes halogenated alkanes) is 2. The zero-order chi connectivity index (χ0) is 63.2. The van der Waals surface area contributed by atoms with Crippen LogP contribution in [0.15, 0.2) is 72.9 Å². The van der Waals surface area contributed by atoms with Crippen LogP contribution in [-0.2, 0) is 49.4 Å². The number of β-amino-alcohol motifs (C(OH)–C–C–N with tert-alkyl or cyclic N) is 1. The van der Waals surface area contributed by atoms with Crippen LogP contribution in [0.4, 0.5) is 0 Å². The van der Waals surface area contributed by atoms with Crippen LogP contribution in [0.25, 0.3) is 21.0 Å². The van der Waals surface area contributed by atoms with Crippen molar-refractivity contribution < 1.29 is 127 Å². The molecule has 13 unspecified atom stereocenters. The number of nitrogens with one attached hydrogen (secondary N) is 5. The van der Waals surface area contributed by atoms with Crippen LogP contribution in [0.2, 0.25) is 0 Å². The van der Waals surface area contributed by atoms with Gasteiger partial charge in [0.15, 0.2) is 11.5 Å². The zero-order valence-electron chi connectivity index (χ0n) is 48.4. The van der Waals surface area contributed by atoms with E-state index in [1.807, 2.05) is 24.3 Å². The average Bonchev–Trinajstić information content (AvgIpc) is 2.32. The number of benzene rings is 3. The van der Waals surface area contributed by atoms with Gasteiger partial charge in [-0.3, -0.25) is 43.4 Å². The molecule has 32 heteroatoms. The second-order valence-electron chi connectivity index (χ2n) is 21.4. The van der Waals surface area contributed by atoms with Crippen molar-refractivity contribution in [2.45, 2.75) is 139 Å². The summed E-state index contributed by atoms with van der Waals surface area (Å²) in [6.07, 6.45) is -8.84. The monoisotopic (exact) mass is 1280 g/mol. The Morgan fingerprint density at radius 1 is 0.830 bits per heavy atom. The summed E-state index contributed by atoms with van der Waals surface area (Å²) >= 11 is 1.39. The minimum absolute atomic E-state index is 0. The standard InChI is InChI=1S/C56H71N9O20S2.Na/c1-4-5-6-17-82-35-14-12-32(13-15-35)54-59-24-42(86-54)30-8-10-31(11-9-30)49(74)60-36-20-33(67)23-58-53(78)47-48(73)27(2)25-65(47)56(80)46(40(71)22-43(57)72)63-52(77)45(39(70)18-29-7-16-38(69)41(19-29)83-87-85-84-81)62-51(76)37-21-34(68)26-64(37)55(79)44(28(3)66)61-50(36)75;/h7-16,19,24,27-28,33-34,36-37,39-40,44-48,66-71,73,81H,4-6,17-18,20-23,25-26H2,1-3H3,(H2,57,72)(H,58,78)(H,60,74)(H,61,75)(H,62,76)(H,63,77);/q;+1/p-1. The first-order chi connectivity index (χ1) is 41.5.